The van der Waals surface area contributed by atoms with E-state index in [4.69, 9.17) is 0 Å². The molecule has 2 rings (SSSR count). The quantitative estimate of drug-likeness (QED) is 0.745. The van der Waals surface area contributed by atoms with E-state index in [1.165, 1.54) is 19.3 Å². The van der Waals surface area contributed by atoms with E-state index < -0.39 is 0 Å². The molecule has 17 heavy (non-hydrogen) atoms. The highest BCUT2D eigenvalue weighted by Crippen LogP contribution is 2.22. The summed E-state index contributed by atoms with van der Waals surface area (Å²) in [6.07, 6.45) is 3.72. The van der Waals surface area contributed by atoms with Crippen LogP contribution in [0, 0.1) is 0 Å². The summed E-state index contributed by atoms with van der Waals surface area (Å²) in [5.74, 6) is 0.242. The molecule has 1 aliphatic rings. The third kappa shape index (κ3) is 2.95. The molecular formula is C15H21NO. The summed E-state index contributed by atoms with van der Waals surface area (Å²) >= 11 is 0. The number of ketones is 1. The van der Waals surface area contributed by atoms with Gasteiger partial charge in [-0.2, -0.15) is 0 Å². The fourth-order valence-electron chi connectivity index (χ4n) is 2.67. The summed E-state index contributed by atoms with van der Waals surface area (Å²) in [5.41, 5.74) is 0.831. The number of hydrogen-bond acceptors (Lipinski definition) is 2. The van der Waals surface area contributed by atoms with Crippen molar-refractivity contribution in [2.24, 2.45) is 0 Å². The molecule has 2 atom stereocenters. The molecule has 1 aliphatic heterocycles. The molecule has 1 heterocycles. The topological polar surface area (TPSA) is 20.3 Å². The largest absolute Gasteiger partial charge is 0.293 e. The normalized spacial score (nSPS) is 25.8. The van der Waals surface area contributed by atoms with Gasteiger partial charge in [0.2, 0.25) is 0 Å². The minimum Gasteiger partial charge on any atom is -0.293 e. The van der Waals surface area contributed by atoms with E-state index in [2.05, 4.69) is 18.7 Å². The molecular weight excluding hydrogens is 210 g/mol. The molecule has 92 valence electrons. The number of carbonyl (C=O) groups excluding carboxylic acids is 1. The van der Waals surface area contributed by atoms with E-state index >= 15 is 0 Å². The molecule has 0 saturated carbocycles. The van der Waals surface area contributed by atoms with Gasteiger partial charge in [0, 0.05) is 17.6 Å². The Morgan fingerprint density at radius 3 is 2.35 bits per heavy atom. The van der Waals surface area contributed by atoms with Crippen LogP contribution in [0.2, 0.25) is 0 Å². The molecule has 0 radical (unpaired) electrons. The Kier molecular flexibility index (Phi) is 3.95. The lowest BCUT2D eigenvalue weighted by Crippen LogP contribution is -2.46. The van der Waals surface area contributed by atoms with Gasteiger partial charge in [-0.25, -0.2) is 0 Å². The predicted octanol–water partition coefficient (Wildman–Crippen LogP) is 3.13. The molecule has 1 saturated heterocycles. The number of likely N-dealkylation sites (tertiary alicyclic amines) is 1. The standard InChI is InChI=1S/C15H21NO/c1-12-7-6-8-13(2)16(12)11-15(17)14-9-4-3-5-10-14/h3-5,9-10,12-13H,6-8,11H2,1-2H3. The van der Waals surface area contributed by atoms with Crippen molar-refractivity contribution < 1.29 is 4.79 Å². The molecule has 1 aromatic carbocycles. The monoisotopic (exact) mass is 231 g/mol. The van der Waals surface area contributed by atoms with Crippen molar-refractivity contribution >= 4 is 5.78 Å². The van der Waals surface area contributed by atoms with Crippen LogP contribution in [0.5, 0.6) is 0 Å². The van der Waals surface area contributed by atoms with Gasteiger partial charge in [0.25, 0.3) is 0 Å². The Morgan fingerprint density at radius 1 is 1.18 bits per heavy atom. The van der Waals surface area contributed by atoms with E-state index in [9.17, 15) is 4.79 Å². The fourth-order valence-corrected chi connectivity index (χ4v) is 2.67. The molecule has 1 fully saturated rings. The number of Topliss-reactive ketones (excluding diaryl/α,β-unsaturated/α-hetero) is 1. The van der Waals surface area contributed by atoms with E-state index in [-0.39, 0.29) is 5.78 Å². The molecule has 0 spiro atoms. The zero-order valence-electron chi connectivity index (χ0n) is 10.7. The lowest BCUT2D eigenvalue weighted by atomic mass is 9.96. The first-order valence-corrected chi connectivity index (χ1v) is 6.52. The smallest absolute Gasteiger partial charge is 0.176 e. The van der Waals surface area contributed by atoms with Crippen LogP contribution in [0.3, 0.4) is 0 Å². The van der Waals surface area contributed by atoms with Gasteiger partial charge >= 0.3 is 0 Å². The van der Waals surface area contributed by atoms with Crippen molar-refractivity contribution in [2.45, 2.75) is 45.2 Å². The molecule has 0 aromatic heterocycles. The van der Waals surface area contributed by atoms with Gasteiger partial charge < -0.3 is 0 Å². The Hall–Kier alpha value is -1.15. The third-order valence-electron chi connectivity index (χ3n) is 3.80. The number of hydrogen-bond donors (Lipinski definition) is 0. The average molecular weight is 231 g/mol. The van der Waals surface area contributed by atoms with Crippen LogP contribution in [0.15, 0.2) is 30.3 Å². The summed E-state index contributed by atoms with van der Waals surface area (Å²) in [4.78, 5) is 14.5. The number of benzene rings is 1. The van der Waals surface area contributed by atoms with Crippen molar-refractivity contribution in [3.05, 3.63) is 35.9 Å². The second-order valence-electron chi connectivity index (χ2n) is 5.09. The van der Waals surface area contributed by atoms with Crippen LogP contribution in [0.25, 0.3) is 0 Å². The van der Waals surface area contributed by atoms with Crippen molar-refractivity contribution in [2.75, 3.05) is 6.54 Å². The Balaban J connectivity index is 2.03. The molecule has 0 bridgehead atoms. The first-order valence-electron chi connectivity index (χ1n) is 6.52. The second kappa shape index (κ2) is 5.46. The van der Waals surface area contributed by atoms with Crippen LogP contribution < -0.4 is 0 Å². The summed E-state index contributed by atoms with van der Waals surface area (Å²) in [7, 11) is 0. The number of nitrogens with zero attached hydrogens (tertiary/aromatic N) is 1. The maximum absolute atomic E-state index is 12.2. The molecule has 2 nitrogen and oxygen atoms in total. The maximum Gasteiger partial charge on any atom is 0.176 e. The van der Waals surface area contributed by atoms with Crippen LogP contribution in [-0.2, 0) is 0 Å². The molecule has 0 N–H and O–H groups in total. The highest BCUT2D eigenvalue weighted by atomic mass is 16.1. The Morgan fingerprint density at radius 2 is 1.76 bits per heavy atom. The maximum atomic E-state index is 12.2. The van der Waals surface area contributed by atoms with E-state index in [0.717, 1.165) is 5.56 Å². The first-order chi connectivity index (χ1) is 8.18. The Bertz CT molecular complexity index is 364. The number of carbonyl (C=O) groups is 1. The zero-order chi connectivity index (χ0) is 12.3. The minimum atomic E-state index is 0.242. The molecule has 0 amide bonds. The van der Waals surface area contributed by atoms with Gasteiger partial charge in [0.15, 0.2) is 5.78 Å². The van der Waals surface area contributed by atoms with E-state index in [0.29, 0.717) is 18.6 Å². The van der Waals surface area contributed by atoms with Gasteiger partial charge in [-0.05, 0) is 26.7 Å². The predicted molar refractivity (Wildman–Crippen MR) is 70.3 cm³/mol. The SMILES string of the molecule is CC1CCCC(C)N1CC(=O)c1ccccc1. The molecule has 2 unspecified atom stereocenters. The van der Waals surface area contributed by atoms with Crippen molar-refractivity contribution in [3.63, 3.8) is 0 Å². The van der Waals surface area contributed by atoms with E-state index in [1.54, 1.807) is 0 Å². The fraction of sp³-hybridized carbons (Fsp3) is 0.533. The van der Waals surface area contributed by atoms with E-state index in [1.807, 2.05) is 30.3 Å². The van der Waals surface area contributed by atoms with Gasteiger partial charge in [-0.15, -0.1) is 0 Å². The van der Waals surface area contributed by atoms with Gasteiger partial charge in [0.1, 0.15) is 0 Å². The van der Waals surface area contributed by atoms with Gasteiger partial charge in [0.05, 0.1) is 6.54 Å². The lowest BCUT2D eigenvalue weighted by Gasteiger charge is -2.38. The lowest BCUT2D eigenvalue weighted by molar-refractivity contribution is 0.0734. The van der Waals surface area contributed by atoms with Crippen molar-refractivity contribution in [3.8, 4) is 0 Å². The summed E-state index contributed by atoms with van der Waals surface area (Å²) in [6, 6.07) is 10.7. The van der Waals surface area contributed by atoms with Crippen LogP contribution in [0.4, 0.5) is 0 Å². The van der Waals surface area contributed by atoms with Gasteiger partial charge in [-0.1, -0.05) is 36.8 Å². The third-order valence-corrected chi connectivity index (χ3v) is 3.80. The van der Waals surface area contributed by atoms with Crippen LogP contribution in [-0.4, -0.2) is 29.3 Å². The van der Waals surface area contributed by atoms with Gasteiger partial charge in [-0.3, -0.25) is 9.69 Å². The zero-order valence-corrected chi connectivity index (χ0v) is 10.7. The summed E-state index contributed by atoms with van der Waals surface area (Å²) in [5, 5.41) is 0. The van der Waals surface area contributed by atoms with Crippen LogP contribution in [0.1, 0.15) is 43.5 Å². The molecule has 2 heteroatoms. The Labute approximate surface area is 104 Å². The highest BCUT2D eigenvalue weighted by molar-refractivity contribution is 5.97. The summed E-state index contributed by atoms with van der Waals surface area (Å²) < 4.78 is 0. The highest BCUT2D eigenvalue weighted by Gasteiger charge is 2.26. The number of piperidine rings is 1. The average Bonchev–Trinajstić information content (AvgIpc) is 2.35. The summed E-state index contributed by atoms with van der Waals surface area (Å²) in [6.45, 7) is 5.02. The minimum absolute atomic E-state index is 0.242. The second-order valence-corrected chi connectivity index (χ2v) is 5.09. The van der Waals surface area contributed by atoms with Crippen molar-refractivity contribution in [1.29, 1.82) is 0 Å². The first kappa shape index (κ1) is 12.3. The van der Waals surface area contributed by atoms with Crippen molar-refractivity contribution in [1.82, 2.24) is 4.90 Å². The number of rotatable bonds is 3. The molecule has 0 aliphatic carbocycles. The molecule has 1 aromatic rings. The van der Waals surface area contributed by atoms with Crippen LogP contribution >= 0.6 is 0 Å².